The topological polar surface area (TPSA) is 35.9 Å². The van der Waals surface area contributed by atoms with Gasteiger partial charge >= 0.3 is 0 Å². The highest BCUT2D eigenvalue weighted by Crippen LogP contribution is 2.47. The minimum atomic E-state index is 0.822. The third-order valence-electron chi connectivity index (χ3n) is 13.5. The van der Waals surface area contributed by atoms with Gasteiger partial charge in [-0.25, -0.2) is 0 Å². The minimum Gasteiger partial charge on any atom is -0.398 e. The largest absolute Gasteiger partial charge is 0.398 e. The predicted octanol–water partition coefficient (Wildman–Crippen LogP) is 15.6. The molecule has 2 aromatic heterocycles. The number of fused-ring (bicyclic) bond motifs is 10. The van der Waals surface area contributed by atoms with Gasteiger partial charge in [-0.1, -0.05) is 158 Å². The first-order valence-corrected chi connectivity index (χ1v) is 22.1. The van der Waals surface area contributed by atoms with E-state index in [1.54, 1.807) is 0 Å². The van der Waals surface area contributed by atoms with Crippen LogP contribution in [0.1, 0.15) is 16.7 Å². The molecule has 0 unspecified atom stereocenters. The lowest BCUT2D eigenvalue weighted by molar-refractivity contribution is 1.18. The van der Waals surface area contributed by atoms with E-state index in [1.807, 2.05) is 6.07 Å². The van der Waals surface area contributed by atoms with Gasteiger partial charge in [0.2, 0.25) is 0 Å². The monoisotopic (exact) mass is 815 g/mol. The zero-order valence-corrected chi connectivity index (χ0v) is 35.0. The maximum Gasteiger partial charge on any atom is 0.0541 e. The number of nitrogens with zero attached hydrogens (tertiary/aromatic N) is 2. The zero-order chi connectivity index (χ0) is 42.3. The van der Waals surface area contributed by atoms with E-state index >= 15 is 0 Å². The Hall–Kier alpha value is -8.40. The van der Waals surface area contributed by atoms with E-state index in [0.717, 1.165) is 29.0 Å². The predicted molar refractivity (Wildman–Crippen MR) is 271 cm³/mol. The summed E-state index contributed by atoms with van der Waals surface area (Å²) in [7, 11) is 0. The molecule has 3 nitrogen and oxygen atoms in total. The summed E-state index contributed by atoms with van der Waals surface area (Å²) in [4.78, 5) is 0. The molecule has 0 aliphatic heterocycles. The molecule has 10 aromatic carbocycles. The molecule has 0 fully saturated rings. The molecule has 0 atom stereocenters. The second-order valence-corrected chi connectivity index (χ2v) is 17.1. The fraction of sp³-hybridized carbons (Fsp3) is 0.0164. The van der Waals surface area contributed by atoms with Crippen molar-refractivity contribution in [2.45, 2.75) is 6.42 Å². The van der Waals surface area contributed by atoms with E-state index in [1.165, 1.54) is 104 Å². The molecule has 0 bridgehead atoms. The van der Waals surface area contributed by atoms with Crippen LogP contribution >= 0.6 is 0 Å². The number of para-hydroxylation sites is 2. The van der Waals surface area contributed by atoms with Gasteiger partial charge in [-0.05, 0) is 134 Å². The van der Waals surface area contributed by atoms with Gasteiger partial charge in [-0.3, -0.25) is 0 Å². The Bertz CT molecular complexity index is 3860. The Morgan fingerprint density at radius 3 is 1.61 bits per heavy atom. The number of aromatic nitrogens is 2. The Balaban J connectivity index is 0.853. The molecule has 2 heterocycles. The third kappa shape index (κ3) is 5.68. The maximum absolute atomic E-state index is 6.57. The second-order valence-electron chi connectivity index (χ2n) is 17.1. The van der Waals surface area contributed by atoms with Crippen LogP contribution in [-0.4, -0.2) is 9.13 Å². The molecule has 0 saturated carbocycles. The van der Waals surface area contributed by atoms with Crippen molar-refractivity contribution >= 4 is 65.6 Å². The van der Waals surface area contributed by atoms with Gasteiger partial charge in [-0.2, -0.15) is 0 Å². The van der Waals surface area contributed by atoms with E-state index in [2.05, 4.69) is 228 Å². The minimum absolute atomic E-state index is 0.822. The van der Waals surface area contributed by atoms with Crippen molar-refractivity contribution in [2.24, 2.45) is 0 Å². The number of anilines is 1. The van der Waals surface area contributed by atoms with E-state index in [9.17, 15) is 0 Å². The van der Waals surface area contributed by atoms with Gasteiger partial charge in [0.15, 0.2) is 0 Å². The summed E-state index contributed by atoms with van der Waals surface area (Å²) in [5.41, 5.74) is 26.7. The normalized spacial score (nSPS) is 12.8. The second kappa shape index (κ2) is 14.3. The number of allylic oxidation sites excluding steroid dienone is 1. The molecule has 0 saturated heterocycles. The van der Waals surface area contributed by atoms with Gasteiger partial charge in [0.05, 0.1) is 22.1 Å². The summed E-state index contributed by atoms with van der Waals surface area (Å²) < 4.78 is 4.82. The van der Waals surface area contributed by atoms with Crippen LogP contribution in [0.15, 0.2) is 224 Å². The Kier molecular flexibility index (Phi) is 8.13. The van der Waals surface area contributed by atoms with Crippen LogP contribution in [0.2, 0.25) is 0 Å². The molecule has 1 aliphatic carbocycles. The van der Waals surface area contributed by atoms with E-state index in [4.69, 9.17) is 5.73 Å². The molecular formula is C61H41N3. The molecule has 1 aliphatic rings. The molecule has 0 spiro atoms. The smallest absolute Gasteiger partial charge is 0.0541 e. The lowest BCUT2D eigenvalue weighted by Crippen LogP contribution is -1.94. The fourth-order valence-electron chi connectivity index (χ4n) is 10.5. The van der Waals surface area contributed by atoms with E-state index in [0.29, 0.717) is 0 Å². The van der Waals surface area contributed by atoms with Gasteiger partial charge in [0.1, 0.15) is 0 Å². The standard InChI is InChI=1S/C61H41N3/c62-56-18-10-17-52-48-13-4-5-14-49(48)53(61(52)56)32-22-39-21-23-43-36-47(31-26-42(43)35-39)64-58-20-9-7-16-51(58)55-38-45(28-34-60(55)64)44-27-33-59-54(37-44)50-15-6-8-19-57(50)63(59)46-29-24-41(25-30-46)40-11-2-1-3-12-40/h1-21,23-38H,22,62H2/b53-32-. The SMILES string of the molecule is Nc1cccc2c1/C(=C\Cc1ccc3cc(-n4c5ccccc5c5cc(-c6ccc7c(c6)c6ccccc6n7-c6ccc(-c7ccccc7)cc6)ccc54)ccc3c1)c1ccccc1-2. The Morgan fingerprint density at radius 2 is 0.891 bits per heavy atom. The molecular weight excluding hydrogens is 775 g/mol. The highest BCUT2D eigenvalue weighted by molar-refractivity contribution is 6.13. The quantitative estimate of drug-likeness (QED) is 0.167. The first-order valence-electron chi connectivity index (χ1n) is 22.1. The van der Waals surface area contributed by atoms with Crippen molar-refractivity contribution < 1.29 is 0 Å². The van der Waals surface area contributed by atoms with Gasteiger partial charge in [-0.15, -0.1) is 0 Å². The van der Waals surface area contributed by atoms with Crippen molar-refractivity contribution in [2.75, 3.05) is 5.73 Å². The lowest BCUT2D eigenvalue weighted by atomic mass is 9.98. The van der Waals surface area contributed by atoms with Gasteiger partial charge < -0.3 is 14.9 Å². The number of benzene rings is 10. The van der Waals surface area contributed by atoms with Crippen LogP contribution in [0.3, 0.4) is 0 Å². The molecule has 13 rings (SSSR count). The molecule has 0 amide bonds. The average molecular weight is 816 g/mol. The summed E-state index contributed by atoms with van der Waals surface area (Å²) in [5, 5.41) is 7.44. The highest BCUT2D eigenvalue weighted by atomic mass is 15.0. The van der Waals surface area contributed by atoms with Crippen LogP contribution in [0.4, 0.5) is 5.69 Å². The van der Waals surface area contributed by atoms with Gasteiger partial charge in [0.25, 0.3) is 0 Å². The van der Waals surface area contributed by atoms with Crippen LogP contribution in [0, 0.1) is 0 Å². The summed E-state index contributed by atoms with van der Waals surface area (Å²) >= 11 is 0. The Labute approximate surface area is 371 Å². The third-order valence-corrected chi connectivity index (χ3v) is 13.5. The van der Waals surface area contributed by atoms with Crippen molar-refractivity contribution in [1.29, 1.82) is 0 Å². The number of rotatable bonds is 6. The van der Waals surface area contributed by atoms with Crippen LogP contribution in [-0.2, 0) is 6.42 Å². The van der Waals surface area contributed by atoms with Crippen molar-refractivity contribution in [3.8, 4) is 44.8 Å². The van der Waals surface area contributed by atoms with Crippen molar-refractivity contribution in [3.05, 3.63) is 241 Å². The number of hydrogen-bond donors (Lipinski definition) is 1. The molecule has 12 aromatic rings. The Morgan fingerprint density at radius 1 is 0.359 bits per heavy atom. The molecule has 2 N–H and O–H groups in total. The number of hydrogen-bond acceptors (Lipinski definition) is 1. The van der Waals surface area contributed by atoms with Crippen LogP contribution in [0.5, 0.6) is 0 Å². The first-order chi connectivity index (χ1) is 31.6. The van der Waals surface area contributed by atoms with Crippen LogP contribution < -0.4 is 5.73 Å². The fourth-order valence-corrected chi connectivity index (χ4v) is 10.5. The average Bonchev–Trinajstić information content (AvgIpc) is 3.99. The summed E-state index contributed by atoms with van der Waals surface area (Å²) in [6.45, 7) is 0. The summed E-state index contributed by atoms with van der Waals surface area (Å²) in [6.07, 6.45) is 3.17. The van der Waals surface area contributed by atoms with E-state index in [-0.39, 0.29) is 0 Å². The molecule has 3 heteroatoms. The van der Waals surface area contributed by atoms with Crippen LogP contribution in [0.25, 0.3) is 105 Å². The number of nitrogen functional groups attached to an aromatic ring is 1. The molecule has 0 radical (unpaired) electrons. The number of nitrogens with two attached hydrogens (primary N) is 1. The highest BCUT2D eigenvalue weighted by Gasteiger charge is 2.24. The molecule has 300 valence electrons. The lowest BCUT2D eigenvalue weighted by Gasteiger charge is -2.11. The summed E-state index contributed by atoms with van der Waals surface area (Å²) in [5.74, 6) is 0. The first kappa shape index (κ1) is 36.3. The van der Waals surface area contributed by atoms with E-state index < -0.39 is 0 Å². The van der Waals surface area contributed by atoms with Crippen molar-refractivity contribution in [1.82, 2.24) is 9.13 Å². The van der Waals surface area contributed by atoms with Gasteiger partial charge in [0, 0.05) is 44.2 Å². The zero-order valence-electron chi connectivity index (χ0n) is 35.0. The van der Waals surface area contributed by atoms with Crippen molar-refractivity contribution in [3.63, 3.8) is 0 Å². The molecule has 64 heavy (non-hydrogen) atoms. The summed E-state index contributed by atoms with van der Waals surface area (Å²) in [6, 6.07) is 79.7. The maximum atomic E-state index is 6.57.